The zero-order valence-corrected chi connectivity index (χ0v) is 22.2. The first-order valence-corrected chi connectivity index (χ1v) is 14.7. The van der Waals surface area contributed by atoms with Crippen LogP contribution in [0.5, 0.6) is 0 Å². The maximum atomic E-state index is 12.9. The molecule has 176 valence electrons. The fourth-order valence-electron chi connectivity index (χ4n) is 4.69. The van der Waals surface area contributed by atoms with Gasteiger partial charge in [0.15, 0.2) is 0 Å². The quantitative estimate of drug-likeness (QED) is 0.205. The van der Waals surface area contributed by atoms with Crippen molar-refractivity contribution in [1.29, 1.82) is 0 Å². The second-order valence-corrected chi connectivity index (χ2v) is 13.5. The van der Waals surface area contributed by atoms with Crippen molar-refractivity contribution in [2.24, 2.45) is 17.8 Å². The third kappa shape index (κ3) is 4.41. The van der Waals surface area contributed by atoms with Crippen LogP contribution in [0.25, 0.3) is 0 Å². The van der Waals surface area contributed by atoms with Gasteiger partial charge in [0.25, 0.3) is 20.2 Å². The highest BCUT2D eigenvalue weighted by atomic mass is 79.9. The van der Waals surface area contributed by atoms with Crippen LogP contribution in [0.3, 0.4) is 0 Å². The molecule has 15 heteroatoms. The highest BCUT2D eigenvalue weighted by molar-refractivity contribution is 9.13. The molecule has 4 rings (SSSR count). The number of benzene rings is 1. The summed E-state index contributed by atoms with van der Waals surface area (Å²) in [5.41, 5.74) is 0.179. The molecule has 1 aromatic rings. The van der Waals surface area contributed by atoms with Gasteiger partial charge in [-0.1, -0.05) is 15.9 Å². The standard InChI is InChI=1S/C17H15Br3O10S2/c18-6-3-8(12(20)10(19)4-6)16(21)29-13-7-5-9-14(13)30-32(26,27)15(9)11(7)17(22)28-1-2-31(23,24)25/h3-4,7,9,11,13-15H,1-2,5H2,(H,23,24,25). The van der Waals surface area contributed by atoms with Gasteiger partial charge in [-0.25, -0.2) is 4.79 Å². The Balaban J connectivity index is 1.57. The van der Waals surface area contributed by atoms with Gasteiger partial charge in [-0.2, -0.15) is 16.8 Å². The average Bonchev–Trinajstić information content (AvgIpc) is 3.26. The highest BCUT2D eigenvalue weighted by Crippen LogP contribution is 2.58. The van der Waals surface area contributed by atoms with Crippen molar-refractivity contribution in [2.45, 2.75) is 23.9 Å². The van der Waals surface area contributed by atoms with Crippen LogP contribution >= 0.6 is 47.8 Å². The first-order chi connectivity index (χ1) is 14.8. The number of esters is 2. The van der Waals surface area contributed by atoms with Crippen LogP contribution < -0.4 is 0 Å². The van der Waals surface area contributed by atoms with Crippen molar-refractivity contribution in [3.05, 3.63) is 31.1 Å². The lowest BCUT2D eigenvalue weighted by molar-refractivity contribution is -0.152. The van der Waals surface area contributed by atoms with E-state index in [2.05, 4.69) is 47.8 Å². The van der Waals surface area contributed by atoms with Gasteiger partial charge in [0, 0.05) is 25.3 Å². The normalized spacial score (nSPS) is 32.1. The first kappa shape index (κ1) is 24.5. The van der Waals surface area contributed by atoms with E-state index in [-0.39, 0.29) is 12.0 Å². The molecule has 0 spiro atoms. The number of carbonyl (C=O) groups is 2. The van der Waals surface area contributed by atoms with E-state index in [0.717, 1.165) is 0 Å². The Labute approximate surface area is 208 Å². The molecule has 1 aromatic carbocycles. The molecule has 10 nitrogen and oxygen atoms in total. The Morgan fingerprint density at radius 1 is 1.19 bits per heavy atom. The zero-order chi connectivity index (χ0) is 23.6. The first-order valence-electron chi connectivity index (χ1n) is 9.19. The fourth-order valence-corrected chi connectivity index (χ4v) is 8.66. The van der Waals surface area contributed by atoms with Crippen LogP contribution in [-0.2, 0) is 38.7 Å². The van der Waals surface area contributed by atoms with Crippen LogP contribution in [0.1, 0.15) is 16.8 Å². The molecule has 1 saturated heterocycles. The third-order valence-electron chi connectivity index (χ3n) is 5.84. The predicted molar refractivity (Wildman–Crippen MR) is 119 cm³/mol. The molecular weight excluding hydrogens is 668 g/mol. The van der Waals surface area contributed by atoms with Crippen molar-refractivity contribution >= 4 is 80.0 Å². The fraction of sp³-hybridized carbons (Fsp3) is 0.529. The summed E-state index contributed by atoms with van der Waals surface area (Å²) in [5, 5.41) is -1.16. The van der Waals surface area contributed by atoms with E-state index in [1.807, 2.05) is 0 Å². The summed E-state index contributed by atoms with van der Waals surface area (Å²) in [6, 6.07) is 3.24. The van der Waals surface area contributed by atoms with Gasteiger partial charge < -0.3 is 9.47 Å². The van der Waals surface area contributed by atoms with Gasteiger partial charge in [0.2, 0.25) is 0 Å². The number of fused-ring (bicyclic) bond motifs is 1. The monoisotopic (exact) mass is 680 g/mol. The van der Waals surface area contributed by atoms with Crippen LogP contribution in [0, 0.1) is 17.8 Å². The van der Waals surface area contributed by atoms with E-state index in [1.54, 1.807) is 6.07 Å². The topological polar surface area (TPSA) is 150 Å². The maximum Gasteiger partial charge on any atom is 0.339 e. The molecule has 0 amide bonds. The lowest BCUT2D eigenvalue weighted by Crippen LogP contribution is -2.46. The molecular formula is C17H15Br3O10S2. The van der Waals surface area contributed by atoms with Crippen LogP contribution in [0.2, 0.25) is 0 Å². The van der Waals surface area contributed by atoms with Gasteiger partial charge in [-0.15, -0.1) is 0 Å². The summed E-state index contributed by atoms with van der Waals surface area (Å²) in [5.74, 6) is -4.91. The number of ether oxygens (including phenoxy) is 2. The summed E-state index contributed by atoms with van der Waals surface area (Å²) < 4.78 is 73.0. The molecule has 2 bridgehead atoms. The largest absolute Gasteiger partial charge is 0.464 e. The van der Waals surface area contributed by atoms with Gasteiger partial charge >= 0.3 is 11.9 Å². The van der Waals surface area contributed by atoms with Crippen molar-refractivity contribution in [3.8, 4) is 0 Å². The molecule has 1 aliphatic heterocycles. The molecule has 3 fully saturated rings. The van der Waals surface area contributed by atoms with Crippen LogP contribution in [0.15, 0.2) is 25.6 Å². The molecule has 0 radical (unpaired) electrons. The summed E-state index contributed by atoms with van der Waals surface area (Å²) in [7, 11) is -8.48. The minimum atomic E-state index is -4.36. The minimum Gasteiger partial charge on any atom is -0.464 e. The summed E-state index contributed by atoms with van der Waals surface area (Å²) >= 11 is 9.91. The van der Waals surface area contributed by atoms with Crippen molar-refractivity contribution in [3.63, 3.8) is 0 Å². The Hall–Kier alpha value is -0.580. The van der Waals surface area contributed by atoms with Gasteiger partial charge in [0.1, 0.15) is 29.8 Å². The maximum absolute atomic E-state index is 12.9. The lowest BCUT2D eigenvalue weighted by Gasteiger charge is -2.30. The van der Waals surface area contributed by atoms with Crippen molar-refractivity contribution in [2.75, 3.05) is 12.4 Å². The smallest absolute Gasteiger partial charge is 0.339 e. The summed E-state index contributed by atoms with van der Waals surface area (Å²) in [4.78, 5) is 25.6. The summed E-state index contributed by atoms with van der Waals surface area (Å²) in [6.07, 6.45) is -1.64. The van der Waals surface area contributed by atoms with Crippen LogP contribution in [0.4, 0.5) is 0 Å². The number of hydrogen-bond donors (Lipinski definition) is 1. The molecule has 6 atom stereocenters. The SMILES string of the molecule is O=C(OC1C2CC3C1OS(=O)(=O)C3C2C(=O)OCCS(=O)(=O)O)c1cc(Br)cc(Br)c1Br. The number of hydrogen-bond acceptors (Lipinski definition) is 9. The molecule has 3 aliphatic rings. The van der Waals surface area contributed by atoms with Gasteiger partial charge in [-0.3, -0.25) is 13.5 Å². The summed E-state index contributed by atoms with van der Waals surface area (Å²) in [6.45, 7) is -0.633. The molecule has 0 aromatic heterocycles. The highest BCUT2D eigenvalue weighted by Gasteiger charge is 2.72. The average molecular weight is 683 g/mol. The predicted octanol–water partition coefficient (Wildman–Crippen LogP) is 2.29. The zero-order valence-electron chi connectivity index (χ0n) is 15.8. The Morgan fingerprint density at radius 2 is 1.88 bits per heavy atom. The van der Waals surface area contributed by atoms with E-state index in [9.17, 15) is 26.4 Å². The lowest BCUT2D eigenvalue weighted by atomic mass is 9.84. The Kier molecular flexibility index (Phi) is 6.57. The van der Waals surface area contributed by atoms with E-state index in [0.29, 0.717) is 13.4 Å². The van der Waals surface area contributed by atoms with E-state index in [4.69, 9.17) is 18.2 Å². The molecule has 2 saturated carbocycles. The Bertz CT molecular complexity index is 1200. The van der Waals surface area contributed by atoms with Crippen molar-refractivity contribution < 1.29 is 44.6 Å². The van der Waals surface area contributed by atoms with Crippen molar-refractivity contribution in [1.82, 2.24) is 0 Å². The number of rotatable bonds is 6. The van der Waals surface area contributed by atoms with E-state index < -0.39 is 79.7 Å². The third-order valence-corrected chi connectivity index (χ3v) is 10.8. The second kappa shape index (κ2) is 8.57. The molecule has 32 heavy (non-hydrogen) atoms. The minimum absolute atomic E-state index is 0.179. The second-order valence-electron chi connectivity index (χ2n) is 7.68. The Morgan fingerprint density at radius 3 is 2.53 bits per heavy atom. The van der Waals surface area contributed by atoms with Gasteiger partial charge in [-0.05, 0) is 50.4 Å². The molecule has 1 heterocycles. The van der Waals surface area contributed by atoms with E-state index in [1.165, 1.54) is 6.07 Å². The van der Waals surface area contributed by atoms with Gasteiger partial charge in [0.05, 0.1) is 11.5 Å². The molecule has 1 N–H and O–H groups in total. The number of halogens is 3. The molecule has 2 aliphatic carbocycles. The number of carbonyl (C=O) groups excluding carboxylic acids is 2. The molecule has 6 unspecified atom stereocenters. The van der Waals surface area contributed by atoms with Crippen LogP contribution in [-0.4, -0.2) is 63.1 Å². The van der Waals surface area contributed by atoms with E-state index >= 15 is 0 Å².